The SMILES string of the molecule is C[C@@H](NC(=O)C1CCC(NS(=O)c2ccc(-c3cnn(C)c3)nc2)CC1)c1ccc(F)cc1. The second-order valence-corrected chi connectivity index (χ2v) is 9.74. The number of hydrogen-bond acceptors (Lipinski definition) is 4. The first kappa shape index (κ1) is 23.3. The van der Waals surface area contributed by atoms with Crippen LogP contribution in [0.15, 0.2) is 59.9 Å². The largest absolute Gasteiger partial charge is 0.349 e. The van der Waals surface area contributed by atoms with Crippen LogP contribution in [0.25, 0.3) is 11.3 Å². The van der Waals surface area contributed by atoms with E-state index in [4.69, 9.17) is 0 Å². The number of halogens is 1. The van der Waals surface area contributed by atoms with Crippen LogP contribution in [0.5, 0.6) is 0 Å². The summed E-state index contributed by atoms with van der Waals surface area (Å²) in [6.07, 6.45) is 8.26. The highest BCUT2D eigenvalue weighted by molar-refractivity contribution is 7.83. The molecule has 1 fully saturated rings. The highest BCUT2D eigenvalue weighted by Gasteiger charge is 2.28. The van der Waals surface area contributed by atoms with E-state index < -0.39 is 11.0 Å². The van der Waals surface area contributed by atoms with Gasteiger partial charge in [0.1, 0.15) is 16.8 Å². The van der Waals surface area contributed by atoms with Crippen molar-refractivity contribution in [2.45, 2.75) is 49.6 Å². The zero-order valence-electron chi connectivity index (χ0n) is 18.7. The van der Waals surface area contributed by atoms with E-state index in [2.05, 4.69) is 20.1 Å². The maximum Gasteiger partial charge on any atom is 0.223 e. The summed E-state index contributed by atoms with van der Waals surface area (Å²) >= 11 is 0. The van der Waals surface area contributed by atoms with Gasteiger partial charge in [0, 0.05) is 37.0 Å². The fraction of sp³-hybridized carbons (Fsp3) is 0.375. The van der Waals surface area contributed by atoms with Crippen LogP contribution in [0.4, 0.5) is 4.39 Å². The summed E-state index contributed by atoms with van der Waals surface area (Å²) in [6, 6.07) is 9.74. The Morgan fingerprint density at radius 3 is 2.45 bits per heavy atom. The Hall–Kier alpha value is -2.91. The molecule has 1 saturated carbocycles. The molecule has 0 spiro atoms. The first-order valence-electron chi connectivity index (χ1n) is 11.1. The molecule has 0 radical (unpaired) electrons. The number of nitrogens with one attached hydrogen (secondary N) is 2. The molecule has 2 aromatic heterocycles. The van der Waals surface area contributed by atoms with Crippen LogP contribution < -0.4 is 10.0 Å². The molecule has 2 heterocycles. The molecule has 4 rings (SSSR count). The van der Waals surface area contributed by atoms with Crippen LogP contribution in [-0.4, -0.2) is 30.9 Å². The lowest BCUT2D eigenvalue weighted by Gasteiger charge is -2.29. The second kappa shape index (κ2) is 10.4. The predicted molar refractivity (Wildman–Crippen MR) is 125 cm³/mol. The van der Waals surface area contributed by atoms with Crippen LogP contribution in [0, 0.1) is 11.7 Å². The lowest BCUT2D eigenvalue weighted by molar-refractivity contribution is -0.126. The number of benzene rings is 1. The Balaban J connectivity index is 1.25. The number of carbonyl (C=O) groups is 1. The van der Waals surface area contributed by atoms with E-state index in [1.807, 2.05) is 32.3 Å². The molecule has 0 saturated heterocycles. The van der Waals surface area contributed by atoms with E-state index in [9.17, 15) is 13.4 Å². The monoisotopic (exact) mass is 469 g/mol. The lowest BCUT2D eigenvalue weighted by atomic mass is 9.85. The minimum atomic E-state index is -1.36. The van der Waals surface area contributed by atoms with Crippen LogP contribution in [0.2, 0.25) is 0 Å². The Morgan fingerprint density at radius 1 is 1.12 bits per heavy atom. The summed E-state index contributed by atoms with van der Waals surface area (Å²) < 4.78 is 30.7. The van der Waals surface area contributed by atoms with Gasteiger partial charge in [-0.3, -0.25) is 14.5 Å². The van der Waals surface area contributed by atoms with E-state index in [0.717, 1.165) is 42.5 Å². The average molecular weight is 470 g/mol. The van der Waals surface area contributed by atoms with E-state index >= 15 is 0 Å². The number of aromatic nitrogens is 3. The first-order chi connectivity index (χ1) is 15.9. The highest BCUT2D eigenvalue weighted by Crippen LogP contribution is 2.26. The number of nitrogens with zero attached hydrogens (tertiary/aromatic N) is 3. The molecule has 9 heteroatoms. The fourth-order valence-corrected chi connectivity index (χ4v) is 5.09. The summed E-state index contributed by atoms with van der Waals surface area (Å²) in [5.74, 6) is -0.345. The minimum absolute atomic E-state index is 0.0154. The van der Waals surface area contributed by atoms with E-state index in [-0.39, 0.29) is 29.7 Å². The Kier molecular flexibility index (Phi) is 7.29. The molecule has 1 aliphatic rings. The molecule has 1 unspecified atom stereocenters. The van der Waals surface area contributed by atoms with Crippen LogP contribution in [0.3, 0.4) is 0 Å². The molecule has 3 aromatic rings. The van der Waals surface area contributed by atoms with Crippen molar-refractivity contribution >= 4 is 16.9 Å². The maximum atomic E-state index is 13.1. The number of aryl methyl sites for hydroxylation is 1. The molecule has 0 aliphatic heterocycles. The highest BCUT2D eigenvalue weighted by atomic mass is 32.2. The summed E-state index contributed by atoms with van der Waals surface area (Å²) in [6.45, 7) is 1.90. The number of amides is 1. The van der Waals surface area contributed by atoms with Gasteiger partial charge in [0.05, 0.1) is 22.8 Å². The quantitative estimate of drug-likeness (QED) is 0.553. The van der Waals surface area contributed by atoms with Crippen molar-refractivity contribution < 1.29 is 13.4 Å². The van der Waals surface area contributed by atoms with Crippen LogP contribution in [-0.2, 0) is 22.8 Å². The van der Waals surface area contributed by atoms with E-state index in [0.29, 0.717) is 4.90 Å². The molecule has 1 aliphatic carbocycles. The zero-order chi connectivity index (χ0) is 23.4. The molecule has 2 atom stereocenters. The standard InChI is InChI=1S/C24H28FN5O2S/c1-16(17-3-7-20(25)8-4-17)28-24(31)18-5-9-21(10-6-18)29-33(32)22-11-12-23(26-14-22)19-13-27-30(2)15-19/h3-4,7-8,11-16,18,21,29H,5-6,9-10H2,1-2H3,(H,28,31)/t16-,18?,21?,33?/m1/s1. The van der Waals surface area contributed by atoms with Crippen molar-refractivity contribution in [2.75, 3.05) is 0 Å². The predicted octanol–water partition coefficient (Wildman–Crippen LogP) is 3.67. The Bertz CT molecular complexity index is 1110. The summed E-state index contributed by atoms with van der Waals surface area (Å²) in [5.41, 5.74) is 2.57. The van der Waals surface area contributed by atoms with Crippen molar-refractivity contribution in [2.24, 2.45) is 13.0 Å². The number of rotatable bonds is 7. The normalized spacial score (nSPS) is 20.2. The topological polar surface area (TPSA) is 88.9 Å². The lowest BCUT2D eigenvalue weighted by Crippen LogP contribution is -2.39. The molecular weight excluding hydrogens is 441 g/mol. The van der Waals surface area contributed by atoms with E-state index in [1.54, 1.807) is 29.2 Å². The zero-order valence-corrected chi connectivity index (χ0v) is 19.5. The van der Waals surface area contributed by atoms with Crippen molar-refractivity contribution in [3.63, 3.8) is 0 Å². The first-order valence-corrected chi connectivity index (χ1v) is 12.2. The summed E-state index contributed by atoms with van der Waals surface area (Å²) in [5, 5.41) is 7.17. The van der Waals surface area contributed by atoms with E-state index in [1.165, 1.54) is 12.1 Å². The minimum Gasteiger partial charge on any atom is -0.349 e. The van der Waals surface area contributed by atoms with Gasteiger partial charge < -0.3 is 5.32 Å². The van der Waals surface area contributed by atoms with Gasteiger partial charge in [-0.15, -0.1) is 0 Å². The summed E-state index contributed by atoms with van der Waals surface area (Å²) in [4.78, 5) is 17.7. The number of hydrogen-bond donors (Lipinski definition) is 2. The van der Waals surface area contributed by atoms with Crippen molar-refractivity contribution in [1.29, 1.82) is 0 Å². The molecule has 7 nitrogen and oxygen atoms in total. The molecule has 1 amide bonds. The molecular formula is C24H28FN5O2S. The smallest absolute Gasteiger partial charge is 0.223 e. The third kappa shape index (κ3) is 5.91. The molecule has 174 valence electrons. The second-order valence-electron chi connectivity index (χ2n) is 8.50. The van der Waals surface area contributed by atoms with Crippen molar-refractivity contribution in [1.82, 2.24) is 24.8 Å². The van der Waals surface area contributed by atoms with Gasteiger partial charge in [-0.25, -0.2) is 13.3 Å². The van der Waals surface area contributed by atoms with Gasteiger partial charge >= 0.3 is 0 Å². The van der Waals surface area contributed by atoms with Gasteiger partial charge in [-0.1, -0.05) is 12.1 Å². The fourth-order valence-electron chi connectivity index (χ4n) is 4.07. The third-order valence-electron chi connectivity index (χ3n) is 6.05. The molecule has 0 bridgehead atoms. The maximum absolute atomic E-state index is 13.1. The molecule has 2 N–H and O–H groups in total. The van der Waals surface area contributed by atoms with Gasteiger partial charge in [0.25, 0.3) is 0 Å². The van der Waals surface area contributed by atoms with Crippen LogP contribution >= 0.6 is 0 Å². The Labute approximate surface area is 195 Å². The van der Waals surface area contributed by atoms with Gasteiger partial charge in [-0.05, 0) is 62.4 Å². The van der Waals surface area contributed by atoms with Gasteiger partial charge in [0.2, 0.25) is 5.91 Å². The number of carbonyl (C=O) groups excluding carboxylic acids is 1. The Morgan fingerprint density at radius 2 is 1.85 bits per heavy atom. The van der Waals surface area contributed by atoms with Gasteiger partial charge in [-0.2, -0.15) is 5.10 Å². The van der Waals surface area contributed by atoms with Crippen molar-refractivity contribution in [3.8, 4) is 11.3 Å². The molecule has 33 heavy (non-hydrogen) atoms. The van der Waals surface area contributed by atoms with Crippen LogP contribution in [0.1, 0.15) is 44.2 Å². The number of pyridine rings is 1. The van der Waals surface area contributed by atoms with Gasteiger partial charge in [0.15, 0.2) is 0 Å². The average Bonchev–Trinajstić information content (AvgIpc) is 3.26. The third-order valence-corrected chi connectivity index (χ3v) is 7.27. The van der Waals surface area contributed by atoms with Crippen molar-refractivity contribution in [3.05, 3.63) is 66.4 Å². The summed E-state index contributed by atoms with van der Waals surface area (Å²) in [7, 11) is 0.486. The molecule has 1 aromatic carbocycles.